The molecule has 4 rings (SSSR count). The molecule has 0 aromatic rings. The van der Waals surface area contributed by atoms with Gasteiger partial charge in [0.25, 0.3) is 0 Å². The van der Waals surface area contributed by atoms with E-state index < -0.39 is 5.60 Å². The maximum absolute atomic E-state index is 12.6. The second-order valence-electron chi connectivity index (χ2n) is 9.49. The maximum Gasteiger partial charge on any atom is 0.410 e. The van der Waals surface area contributed by atoms with Crippen LogP contribution in [0.1, 0.15) is 72.1 Å². The Bertz CT molecular complexity index is 502. The molecule has 1 aliphatic carbocycles. The zero-order valence-electron chi connectivity index (χ0n) is 16.5. The van der Waals surface area contributed by atoms with Crippen LogP contribution < -0.4 is 5.32 Å². The molecular weight excluding hydrogens is 332 g/mol. The molecule has 0 radical (unpaired) electrons. The molecular formula is C20H34N2O4. The molecule has 1 N–H and O–H groups in total. The van der Waals surface area contributed by atoms with Gasteiger partial charge in [0.1, 0.15) is 5.60 Å². The molecule has 2 bridgehead atoms. The van der Waals surface area contributed by atoms with E-state index in [2.05, 4.69) is 5.32 Å². The topological polar surface area (TPSA) is 60.0 Å². The first-order valence-electron chi connectivity index (χ1n) is 10.4. The lowest BCUT2D eigenvalue weighted by Crippen LogP contribution is -2.55. The molecule has 1 saturated carbocycles. The molecule has 4 aliphatic rings. The monoisotopic (exact) mass is 366 g/mol. The number of amides is 1. The zero-order valence-corrected chi connectivity index (χ0v) is 16.5. The molecule has 0 aromatic heterocycles. The lowest BCUT2D eigenvalue weighted by molar-refractivity contribution is -0.180. The molecule has 26 heavy (non-hydrogen) atoms. The molecule has 2 atom stereocenters. The average Bonchev–Trinajstić information content (AvgIpc) is 3.12. The maximum atomic E-state index is 12.6. The molecule has 1 spiro atoms. The molecule has 148 valence electrons. The van der Waals surface area contributed by atoms with E-state index in [1.165, 1.54) is 0 Å². The lowest BCUT2D eigenvalue weighted by Gasteiger charge is -2.42. The Hall–Kier alpha value is -0.850. The van der Waals surface area contributed by atoms with Gasteiger partial charge in [-0.15, -0.1) is 0 Å². The van der Waals surface area contributed by atoms with Crippen LogP contribution in [0.3, 0.4) is 0 Å². The van der Waals surface area contributed by atoms with Gasteiger partial charge in [-0.05, 0) is 59.3 Å². The predicted molar refractivity (Wildman–Crippen MR) is 97.9 cm³/mol. The summed E-state index contributed by atoms with van der Waals surface area (Å²) in [7, 11) is 0. The van der Waals surface area contributed by atoms with E-state index in [0.717, 1.165) is 64.6 Å². The summed E-state index contributed by atoms with van der Waals surface area (Å²) in [6.07, 6.45) is 8.40. The number of nitrogens with one attached hydrogen (secondary N) is 1. The van der Waals surface area contributed by atoms with Gasteiger partial charge in [0.15, 0.2) is 5.79 Å². The number of nitrogens with zero attached hydrogens (tertiary/aromatic N) is 1. The van der Waals surface area contributed by atoms with Crippen LogP contribution in [0.4, 0.5) is 4.79 Å². The summed E-state index contributed by atoms with van der Waals surface area (Å²) < 4.78 is 17.3. The number of carbonyl (C=O) groups is 1. The van der Waals surface area contributed by atoms with Crippen LogP contribution in [0.15, 0.2) is 0 Å². The molecule has 0 aromatic carbocycles. The molecule has 2 unspecified atom stereocenters. The molecule has 6 nitrogen and oxygen atoms in total. The second-order valence-corrected chi connectivity index (χ2v) is 9.49. The van der Waals surface area contributed by atoms with Gasteiger partial charge in [0.05, 0.1) is 13.2 Å². The van der Waals surface area contributed by atoms with Crippen LogP contribution in [0.25, 0.3) is 0 Å². The first-order chi connectivity index (χ1) is 12.3. The Morgan fingerprint density at radius 1 is 1.00 bits per heavy atom. The van der Waals surface area contributed by atoms with E-state index in [0.29, 0.717) is 24.2 Å². The van der Waals surface area contributed by atoms with Gasteiger partial charge >= 0.3 is 6.09 Å². The fourth-order valence-corrected chi connectivity index (χ4v) is 5.27. The van der Waals surface area contributed by atoms with E-state index in [-0.39, 0.29) is 11.9 Å². The van der Waals surface area contributed by atoms with Gasteiger partial charge in [-0.2, -0.15) is 0 Å². The summed E-state index contributed by atoms with van der Waals surface area (Å²) in [6.45, 7) is 7.30. The van der Waals surface area contributed by atoms with Crippen molar-refractivity contribution < 1.29 is 19.0 Å². The number of ether oxygens (including phenoxy) is 3. The van der Waals surface area contributed by atoms with Gasteiger partial charge in [0.2, 0.25) is 0 Å². The largest absolute Gasteiger partial charge is 0.444 e. The van der Waals surface area contributed by atoms with Crippen molar-refractivity contribution in [1.82, 2.24) is 10.2 Å². The highest BCUT2D eigenvalue weighted by atomic mass is 16.7. The van der Waals surface area contributed by atoms with Gasteiger partial charge in [-0.1, -0.05) is 0 Å². The first kappa shape index (κ1) is 18.5. The van der Waals surface area contributed by atoms with Crippen molar-refractivity contribution in [1.29, 1.82) is 0 Å². The van der Waals surface area contributed by atoms with Gasteiger partial charge in [-0.25, -0.2) is 4.79 Å². The van der Waals surface area contributed by atoms with Crippen molar-refractivity contribution >= 4 is 6.09 Å². The van der Waals surface area contributed by atoms with Crippen molar-refractivity contribution in [2.75, 3.05) is 13.2 Å². The fraction of sp³-hybridized carbons (Fsp3) is 0.950. The van der Waals surface area contributed by atoms with Crippen LogP contribution in [-0.4, -0.2) is 59.8 Å². The van der Waals surface area contributed by atoms with Gasteiger partial charge < -0.3 is 24.4 Å². The minimum Gasteiger partial charge on any atom is -0.444 e. The van der Waals surface area contributed by atoms with Crippen LogP contribution in [-0.2, 0) is 14.2 Å². The lowest BCUT2D eigenvalue weighted by atomic mass is 9.88. The van der Waals surface area contributed by atoms with Crippen molar-refractivity contribution in [3.05, 3.63) is 0 Å². The van der Waals surface area contributed by atoms with E-state index in [9.17, 15) is 4.79 Å². The summed E-state index contributed by atoms with van der Waals surface area (Å²) >= 11 is 0. The predicted octanol–water partition coefficient (Wildman–Crippen LogP) is 3.19. The van der Waals surface area contributed by atoms with Crippen LogP contribution in [0.2, 0.25) is 0 Å². The van der Waals surface area contributed by atoms with Crippen LogP contribution >= 0.6 is 0 Å². The number of fused-ring (bicyclic) bond motifs is 2. The second kappa shape index (κ2) is 6.95. The summed E-state index contributed by atoms with van der Waals surface area (Å²) in [6, 6.07) is 1.72. The Balaban J connectivity index is 1.28. The Morgan fingerprint density at radius 2 is 1.58 bits per heavy atom. The normalized spacial score (nSPS) is 34.4. The number of rotatable bonds is 2. The summed E-state index contributed by atoms with van der Waals surface area (Å²) in [5.41, 5.74) is -0.423. The molecule has 6 heteroatoms. The highest BCUT2D eigenvalue weighted by Crippen LogP contribution is 2.39. The molecule has 1 amide bonds. The first-order valence-corrected chi connectivity index (χ1v) is 10.4. The Morgan fingerprint density at radius 3 is 2.12 bits per heavy atom. The number of hydrogen-bond acceptors (Lipinski definition) is 5. The van der Waals surface area contributed by atoms with Crippen molar-refractivity contribution in [3.63, 3.8) is 0 Å². The number of hydrogen-bond donors (Lipinski definition) is 1. The zero-order chi connectivity index (χ0) is 18.4. The van der Waals surface area contributed by atoms with E-state index in [1.807, 2.05) is 25.7 Å². The average molecular weight is 367 g/mol. The molecule has 3 heterocycles. The van der Waals surface area contributed by atoms with E-state index in [1.54, 1.807) is 0 Å². The van der Waals surface area contributed by atoms with Crippen molar-refractivity contribution in [3.8, 4) is 0 Å². The summed E-state index contributed by atoms with van der Waals surface area (Å²) in [5.74, 6) is -0.280. The fourth-order valence-electron chi connectivity index (χ4n) is 5.27. The van der Waals surface area contributed by atoms with E-state index >= 15 is 0 Å². The SMILES string of the molecule is CC(C)(C)OC(=O)N1C2CCC1CC(NC1CCC3(CC1)OCCO3)C2. The van der Waals surface area contributed by atoms with Crippen LogP contribution in [0.5, 0.6) is 0 Å². The van der Waals surface area contributed by atoms with Gasteiger partial charge in [-0.3, -0.25) is 0 Å². The summed E-state index contributed by atoms with van der Waals surface area (Å²) in [5, 5.41) is 3.88. The Kier molecular flexibility index (Phi) is 4.95. The molecule has 3 aliphatic heterocycles. The minimum absolute atomic E-state index is 0.126. The third kappa shape index (κ3) is 3.87. The van der Waals surface area contributed by atoms with Crippen molar-refractivity contribution in [2.45, 2.75) is 108 Å². The van der Waals surface area contributed by atoms with Crippen molar-refractivity contribution in [2.24, 2.45) is 0 Å². The molecule has 4 fully saturated rings. The number of carbonyl (C=O) groups excluding carboxylic acids is 1. The van der Waals surface area contributed by atoms with Gasteiger partial charge in [0, 0.05) is 37.0 Å². The quantitative estimate of drug-likeness (QED) is 0.813. The highest BCUT2D eigenvalue weighted by molar-refractivity contribution is 5.69. The summed E-state index contributed by atoms with van der Waals surface area (Å²) in [4.78, 5) is 14.6. The third-order valence-corrected chi connectivity index (χ3v) is 6.37. The Labute approximate surface area is 156 Å². The number of piperidine rings is 1. The molecule has 3 saturated heterocycles. The standard InChI is InChI=1S/C20H34N2O4/c1-19(2,3)26-18(23)22-16-4-5-17(22)13-15(12-16)21-14-6-8-20(9-7-14)24-10-11-25-20/h14-17,21H,4-13H2,1-3H3. The van der Waals surface area contributed by atoms with Crippen LogP contribution in [0, 0.1) is 0 Å². The minimum atomic E-state index is -0.423. The highest BCUT2D eigenvalue weighted by Gasteiger charge is 2.46. The smallest absolute Gasteiger partial charge is 0.410 e. The third-order valence-electron chi connectivity index (χ3n) is 6.37. The van der Waals surface area contributed by atoms with E-state index in [4.69, 9.17) is 14.2 Å².